The number of nitrogens with zero attached hydrogens (tertiary/aromatic N) is 3. The maximum Gasteiger partial charge on any atom is 0.215 e. The minimum Gasteiger partial charge on any atom is -0.439 e. The second-order valence-electron chi connectivity index (χ2n) is 11.0. The molecule has 1 unspecified atom stereocenters. The Hall–Kier alpha value is -3.19. The minimum atomic E-state index is 0.360. The van der Waals surface area contributed by atoms with Gasteiger partial charge in [-0.25, -0.2) is 4.99 Å². The second kappa shape index (κ2) is 20.7. The highest BCUT2D eigenvalue weighted by molar-refractivity contribution is 5.87. The molecule has 0 fully saturated rings. The fraction of sp³-hybridized carbons (Fsp3) is 0.541. The molecule has 0 bridgehead atoms. The molecule has 1 aromatic carbocycles. The van der Waals surface area contributed by atoms with Gasteiger partial charge >= 0.3 is 0 Å². The van der Waals surface area contributed by atoms with Gasteiger partial charge in [0.05, 0.1) is 17.3 Å². The number of aliphatic imine (C=N–C) groups is 2. The van der Waals surface area contributed by atoms with Crippen molar-refractivity contribution in [3.8, 4) is 11.8 Å². The molecule has 0 aliphatic rings. The first kappa shape index (κ1) is 35.8. The molecular formula is C37H55N3O. The number of rotatable bonds is 18. The molecule has 1 atom stereocenters. The molecule has 0 saturated heterocycles. The number of unbranched alkanes of at least 4 members (excludes halogenated alkanes) is 4. The van der Waals surface area contributed by atoms with E-state index in [4.69, 9.17) is 14.7 Å². The first-order valence-corrected chi connectivity index (χ1v) is 15.7. The van der Waals surface area contributed by atoms with Gasteiger partial charge in [-0.3, -0.25) is 4.99 Å². The van der Waals surface area contributed by atoms with Crippen molar-refractivity contribution in [3.05, 3.63) is 70.2 Å². The van der Waals surface area contributed by atoms with Crippen LogP contribution in [0.2, 0.25) is 0 Å². The van der Waals surface area contributed by atoms with E-state index in [2.05, 4.69) is 86.6 Å². The Bertz CT molecular complexity index is 1170. The van der Waals surface area contributed by atoms with Gasteiger partial charge in [0.15, 0.2) is 0 Å². The van der Waals surface area contributed by atoms with Gasteiger partial charge < -0.3 is 4.74 Å². The van der Waals surface area contributed by atoms with Crippen LogP contribution in [0.1, 0.15) is 138 Å². The Morgan fingerprint density at radius 2 is 1.73 bits per heavy atom. The topological polar surface area (TPSA) is 57.7 Å². The maximum absolute atomic E-state index is 9.71. The summed E-state index contributed by atoms with van der Waals surface area (Å²) < 4.78 is 6.58. The largest absolute Gasteiger partial charge is 0.439 e. The lowest BCUT2D eigenvalue weighted by Crippen LogP contribution is -2.08. The van der Waals surface area contributed by atoms with Crippen LogP contribution < -0.4 is 4.74 Å². The van der Waals surface area contributed by atoms with Crippen molar-refractivity contribution in [2.24, 2.45) is 15.9 Å². The summed E-state index contributed by atoms with van der Waals surface area (Å²) >= 11 is 0. The summed E-state index contributed by atoms with van der Waals surface area (Å²) in [6, 6.07) is 7.91. The Labute approximate surface area is 251 Å². The Morgan fingerprint density at radius 1 is 1.00 bits per heavy atom. The molecule has 4 nitrogen and oxygen atoms in total. The normalized spacial score (nSPS) is 14.7. The summed E-state index contributed by atoms with van der Waals surface area (Å²) in [6.45, 7) is 19.3. The van der Waals surface area contributed by atoms with Crippen LogP contribution in [0.3, 0.4) is 0 Å². The molecule has 0 saturated carbocycles. The van der Waals surface area contributed by atoms with Crippen LogP contribution in [0.4, 0.5) is 0 Å². The first-order chi connectivity index (χ1) is 19.7. The van der Waals surface area contributed by atoms with Gasteiger partial charge in [0.1, 0.15) is 5.75 Å². The number of benzene rings is 1. The first-order valence-electron chi connectivity index (χ1n) is 15.7. The van der Waals surface area contributed by atoms with Gasteiger partial charge in [0.25, 0.3) is 0 Å². The molecule has 1 rings (SSSR count). The fourth-order valence-electron chi connectivity index (χ4n) is 4.18. The van der Waals surface area contributed by atoms with Gasteiger partial charge in [0, 0.05) is 17.5 Å². The van der Waals surface area contributed by atoms with Crippen LogP contribution in [-0.2, 0) is 0 Å². The second-order valence-corrected chi connectivity index (χ2v) is 11.0. The van der Waals surface area contributed by atoms with Crippen molar-refractivity contribution in [1.82, 2.24) is 0 Å². The molecule has 4 heteroatoms. The molecule has 41 heavy (non-hydrogen) atoms. The maximum atomic E-state index is 9.71. The van der Waals surface area contributed by atoms with Crippen LogP contribution in [0.5, 0.6) is 5.75 Å². The zero-order chi connectivity index (χ0) is 30.6. The third-order valence-corrected chi connectivity index (χ3v) is 7.76. The Balaban J connectivity index is 3.53. The molecule has 0 aliphatic heterocycles. The molecular weight excluding hydrogens is 502 g/mol. The van der Waals surface area contributed by atoms with Crippen LogP contribution in [0.15, 0.2) is 69.0 Å². The smallest absolute Gasteiger partial charge is 0.215 e. The molecule has 1 aromatic rings. The third kappa shape index (κ3) is 13.3. The van der Waals surface area contributed by atoms with E-state index in [1.54, 1.807) is 0 Å². The average molecular weight is 558 g/mol. The predicted octanol–water partition coefficient (Wildman–Crippen LogP) is 11.6. The summed E-state index contributed by atoms with van der Waals surface area (Å²) in [7, 11) is 0. The van der Waals surface area contributed by atoms with Crippen molar-refractivity contribution >= 4 is 17.6 Å². The van der Waals surface area contributed by atoms with Crippen LogP contribution in [-0.4, -0.2) is 11.9 Å². The fourth-order valence-corrected chi connectivity index (χ4v) is 4.18. The van der Waals surface area contributed by atoms with Gasteiger partial charge in [-0.15, -0.1) is 0 Å². The molecule has 0 spiro atoms. The van der Waals surface area contributed by atoms with E-state index in [9.17, 15) is 5.26 Å². The summed E-state index contributed by atoms with van der Waals surface area (Å²) in [5.41, 5.74) is 7.21. The number of nitriles is 1. The predicted molar refractivity (Wildman–Crippen MR) is 180 cm³/mol. The lowest BCUT2D eigenvalue weighted by molar-refractivity contribution is 0.415. The standard InChI is InChI=1S/C37H55N3O/c1-10-15-17-21-32(14-5)27-39-37(30(8)13-4)34-24-23-33(26-38)25-35(34)41-36(40-31(9)29(7)12-3)22-19-16-18-20-28(6)11-2/h11,14,22-25,27,29H,10,12-13,15-21H2,1-9H3/b28-11-,32-14-,36-22+,37-30-,39-27-,40-31-. The zero-order valence-electron chi connectivity index (χ0n) is 27.4. The zero-order valence-corrected chi connectivity index (χ0v) is 27.4. The lowest BCUT2D eigenvalue weighted by atomic mass is 10.0. The minimum absolute atomic E-state index is 0.360. The molecule has 0 radical (unpaired) electrons. The van der Waals surface area contributed by atoms with Crippen molar-refractivity contribution < 1.29 is 4.74 Å². The van der Waals surface area contributed by atoms with E-state index in [1.807, 2.05) is 24.4 Å². The van der Waals surface area contributed by atoms with Crippen molar-refractivity contribution in [3.63, 3.8) is 0 Å². The van der Waals surface area contributed by atoms with Crippen molar-refractivity contribution in [2.75, 3.05) is 0 Å². The number of hydrogen-bond donors (Lipinski definition) is 0. The van der Waals surface area contributed by atoms with Gasteiger partial charge in [0.2, 0.25) is 5.88 Å². The van der Waals surface area contributed by atoms with Crippen LogP contribution >= 0.6 is 0 Å². The molecule has 0 amide bonds. The molecule has 0 N–H and O–H groups in total. The van der Waals surface area contributed by atoms with E-state index >= 15 is 0 Å². The SMILES string of the molecule is C/C=C(/C)CCCC/C=C(\N=C(\C)C(C)CC)Oc1cc(C#N)ccc1C(/N=C\C(=C/C)CCCCC)=C(\C)CC. The molecule has 224 valence electrons. The van der Waals surface area contributed by atoms with Crippen LogP contribution in [0, 0.1) is 17.2 Å². The third-order valence-electron chi connectivity index (χ3n) is 7.76. The molecule has 0 aromatic heterocycles. The van der Waals surface area contributed by atoms with Crippen LogP contribution in [0.25, 0.3) is 5.70 Å². The highest BCUT2D eigenvalue weighted by Gasteiger charge is 2.15. The van der Waals surface area contributed by atoms with E-state index < -0.39 is 0 Å². The number of hydrogen-bond acceptors (Lipinski definition) is 4. The quantitative estimate of drug-likeness (QED) is 0.0780. The molecule has 0 aliphatic carbocycles. The average Bonchev–Trinajstić information content (AvgIpc) is 2.99. The summed E-state index contributed by atoms with van der Waals surface area (Å²) in [6.07, 6.45) is 19.1. The Kier molecular flexibility index (Phi) is 18.1. The van der Waals surface area contributed by atoms with Gasteiger partial charge in [-0.05, 0) is 127 Å². The number of allylic oxidation sites excluding steroid dienone is 6. The summed E-state index contributed by atoms with van der Waals surface area (Å²) in [5.74, 6) is 1.57. The lowest BCUT2D eigenvalue weighted by Gasteiger charge is -2.16. The highest BCUT2D eigenvalue weighted by atomic mass is 16.5. The Morgan fingerprint density at radius 3 is 2.34 bits per heavy atom. The molecule has 0 heterocycles. The van der Waals surface area contributed by atoms with E-state index in [1.165, 1.54) is 29.6 Å². The van der Waals surface area contributed by atoms with E-state index in [0.29, 0.717) is 23.1 Å². The van der Waals surface area contributed by atoms with Crippen molar-refractivity contribution in [2.45, 2.75) is 127 Å². The monoisotopic (exact) mass is 557 g/mol. The van der Waals surface area contributed by atoms with E-state index in [0.717, 1.165) is 68.3 Å². The summed E-state index contributed by atoms with van der Waals surface area (Å²) in [4.78, 5) is 9.95. The van der Waals surface area contributed by atoms with Gasteiger partial charge in [-0.2, -0.15) is 5.26 Å². The summed E-state index contributed by atoms with van der Waals surface area (Å²) in [5, 5.41) is 9.71. The van der Waals surface area contributed by atoms with Crippen molar-refractivity contribution in [1.29, 1.82) is 5.26 Å². The van der Waals surface area contributed by atoms with Gasteiger partial charge in [-0.1, -0.05) is 58.3 Å². The van der Waals surface area contributed by atoms with E-state index in [-0.39, 0.29) is 0 Å². The highest BCUT2D eigenvalue weighted by Crippen LogP contribution is 2.33. The number of ether oxygens (including phenoxy) is 1.